The number of pyridine rings is 2. The summed E-state index contributed by atoms with van der Waals surface area (Å²) in [5.41, 5.74) is 5.03. The van der Waals surface area contributed by atoms with Crippen molar-refractivity contribution in [3.05, 3.63) is 59.3 Å². The maximum atomic E-state index is 14.2. The highest BCUT2D eigenvalue weighted by atomic mass is 19.1. The molecule has 40 heavy (non-hydrogen) atoms. The second-order valence-corrected chi connectivity index (χ2v) is 11.6. The van der Waals surface area contributed by atoms with Crippen LogP contribution in [0, 0.1) is 31.0 Å². The highest BCUT2D eigenvalue weighted by Crippen LogP contribution is 2.41. The molecule has 1 aromatic carbocycles. The van der Waals surface area contributed by atoms with Gasteiger partial charge in [0.05, 0.1) is 27.9 Å². The van der Waals surface area contributed by atoms with Crippen molar-refractivity contribution in [3.63, 3.8) is 0 Å². The van der Waals surface area contributed by atoms with Gasteiger partial charge in [-0.05, 0) is 77.3 Å². The number of anilines is 1. The van der Waals surface area contributed by atoms with Gasteiger partial charge in [-0.25, -0.2) is 19.2 Å². The first-order valence-electron chi connectivity index (χ1n) is 13.1. The summed E-state index contributed by atoms with van der Waals surface area (Å²) in [5, 5.41) is 12.5. The molecule has 2 N–H and O–H groups in total. The molecule has 1 amide bonds. The number of H-pyrrole nitrogens is 1. The molecular weight excluding hydrogens is 509 g/mol. The van der Waals surface area contributed by atoms with Crippen LogP contribution in [0.4, 0.5) is 14.9 Å². The van der Waals surface area contributed by atoms with Crippen LogP contribution in [-0.2, 0) is 4.74 Å². The lowest BCUT2D eigenvalue weighted by Crippen LogP contribution is -2.49. The number of hydrogen-bond donors (Lipinski definition) is 2. The summed E-state index contributed by atoms with van der Waals surface area (Å²) in [6.07, 6.45) is 3.64. The summed E-state index contributed by atoms with van der Waals surface area (Å²) in [5.74, 6) is 0.0123. The van der Waals surface area contributed by atoms with Crippen LogP contribution in [0.1, 0.15) is 50.9 Å². The summed E-state index contributed by atoms with van der Waals surface area (Å²) in [6, 6.07) is 8.38. The average Bonchev–Trinajstić information content (AvgIpc) is 3.46. The molecule has 0 aliphatic carbocycles. The van der Waals surface area contributed by atoms with Crippen LogP contribution in [0.3, 0.4) is 0 Å². The van der Waals surface area contributed by atoms with Crippen LogP contribution in [0.5, 0.6) is 0 Å². The highest BCUT2D eigenvalue weighted by molar-refractivity contribution is 5.91. The van der Waals surface area contributed by atoms with Crippen molar-refractivity contribution >= 4 is 22.9 Å². The smallest absolute Gasteiger partial charge is 0.408 e. The highest BCUT2D eigenvalue weighted by Gasteiger charge is 2.38. The molecule has 0 spiro atoms. The quantitative estimate of drug-likeness (QED) is 0.335. The standard InChI is InChI=1S/C30H32FN7O2/c1-17-11-18(2)34-27-24(17)35-26(36-27)22-15-33-14-21(19-7-8-23(31)20(12-19)13-32)25(22)38-10-9-30(6,16-38)37-28(39)40-29(3,4)5/h7-8,11-12,14-15H,9-10,16H2,1-6H3,(H,37,39)(H,34,35,36)/t30-/m0/s1. The number of alkyl carbamates (subject to hydrolysis) is 1. The van der Waals surface area contributed by atoms with Crippen LogP contribution in [-0.4, -0.2) is 50.3 Å². The monoisotopic (exact) mass is 541 g/mol. The van der Waals surface area contributed by atoms with Gasteiger partial charge in [-0.2, -0.15) is 5.26 Å². The number of nitrogens with one attached hydrogen (secondary N) is 2. The average molecular weight is 542 g/mol. The Hall–Kier alpha value is -4.52. The van der Waals surface area contributed by atoms with Crippen molar-refractivity contribution in [2.24, 2.45) is 0 Å². The Morgan fingerprint density at radius 1 is 1.20 bits per heavy atom. The first kappa shape index (κ1) is 27.1. The van der Waals surface area contributed by atoms with Crippen molar-refractivity contribution in [2.75, 3.05) is 18.0 Å². The Kier molecular flexibility index (Phi) is 6.70. The van der Waals surface area contributed by atoms with Gasteiger partial charge in [-0.1, -0.05) is 6.07 Å². The van der Waals surface area contributed by atoms with E-state index in [-0.39, 0.29) is 5.56 Å². The van der Waals surface area contributed by atoms with E-state index in [0.717, 1.165) is 33.6 Å². The molecule has 1 aliphatic heterocycles. The van der Waals surface area contributed by atoms with Gasteiger partial charge in [-0.3, -0.25) is 4.98 Å². The topological polar surface area (TPSA) is 120 Å². The number of fused-ring (bicyclic) bond motifs is 1. The third-order valence-electron chi connectivity index (χ3n) is 6.95. The van der Waals surface area contributed by atoms with Gasteiger partial charge in [-0.15, -0.1) is 0 Å². The van der Waals surface area contributed by atoms with E-state index in [4.69, 9.17) is 9.72 Å². The molecule has 1 fully saturated rings. The van der Waals surface area contributed by atoms with E-state index < -0.39 is 23.1 Å². The van der Waals surface area contributed by atoms with E-state index in [0.29, 0.717) is 36.5 Å². The fourth-order valence-corrected chi connectivity index (χ4v) is 5.19. The Morgan fingerprint density at radius 3 is 2.67 bits per heavy atom. The van der Waals surface area contributed by atoms with Gasteiger partial charge < -0.3 is 19.9 Å². The zero-order chi connectivity index (χ0) is 28.8. The van der Waals surface area contributed by atoms with E-state index >= 15 is 0 Å². The summed E-state index contributed by atoms with van der Waals surface area (Å²) in [7, 11) is 0. The predicted molar refractivity (Wildman–Crippen MR) is 151 cm³/mol. The largest absolute Gasteiger partial charge is 0.444 e. The number of hydrogen-bond acceptors (Lipinski definition) is 7. The number of benzene rings is 1. The summed E-state index contributed by atoms with van der Waals surface area (Å²) in [6.45, 7) is 12.5. The van der Waals surface area contributed by atoms with Crippen LogP contribution < -0.4 is 10.2 Å². The Bertz CT molecular complexity index is 1670. The third kappa shape index (κ3) is 5.32. The number of carbonyl (C=O) groups is 1. The third-order valence-corrected chi connectivity index (χ3v) is 6.95. The maximum Gasteiger partial charge on any atom is 0.408 e. The molecule has 9 nitrogen and oxygen atoms in total. The summed E-state index contributed by atoms with van der Waals surface area (Å²) >= 11 is 0. The zero-order valence-electron chi connectivity index (χ0n) is 23.5. The molecule has 0 unspecified atom stereocenters. The van der Waals surface area contributed by atoms with E-state index in [9.17, 15) is 14.4 Å². The number of aromatic amines is 1. The molecule has 1 saturated heterocycles. The normalized spacial score (nSPS) is 17.2. The lowest BCUT2D eigenvalue weighted by molar-refractivity contribution is 0.0473. The second kappa shape index (κ2) is 9.90. The number of nitrogens with zero attached hydrogens (tertiary/aromatic N) is 5. The minimum atomic E-state index is -0.614. The number of nitriles is 1. The number of halogens is 1. The Morgan fingerprint density at radius 2 is 1.95 bits per heavy atom. The van der Waals surface area contributed by atoms with Crippen LogP contribution >= 0.6 is 0 Å². The van der Waals surface area contributed by atoms with Gasteiger partial charge >= 0.3 is 6.09 Å². The van der Waals surface area contributed by atoms with Crippen molar-refractivity contribution in [1.29, 1.82) is 5.26 Å². The summed E-state index contributed by atoms with van der Waals surface area (Å²) in [4.78, 5) is 32.1. The van der Waals surface area contributed by atoms with Gasteiger partial charge in [0.1, 0.15) is 23.3 Å². The fraction of sp³-hybridized carbons (Fsp3) is 0.367. The molecule has 0 radical (unpaired) electrons. The van der Waals surface area contributed by atoms with E-state index in [1.54, 1.807) is 18.5 Å². The zero-order valence-corrected chi connectivity index (χ0v) is 23.5. The molecule has 1 aliphatic rings. The molecule has 4 aromatic rings. The van der Waals surface area contributed by atoms with Crippen molar-refractivity contribution < 1.29 is 13.9 Å². The molecular formula is C30H32FN7O2. The van der Waals surface area contributed by atoms with Gasteiger partial charge in [0.15, 0.2) is 5.65 Å². The summed E-state index contributed by atoms with van der Waals surface area (Å²) < 4.78 is 19.8. The fourth-order valence-electron chi connectivity index (χ4n) is 5.19. The molecule has 4 heterocycles. The van der Waals surface area contributed by atoms with Gasteiger partial charge in [0, 0.05) is 36.7 Å². The van der Waals surface area contributed by atoms with Crippen LogP contribution in [0.2, 0.25) is 0 Å². The lowest BCUT2D eigenvalue weighted by Gasteiger charge is -2.30. The number of ether oxygens (including phenoxy) is 1. The number of aromatic nitrogens is 4. The van der Waals surface area contributed by atoms with Crippen molar-refractivity contribution in [1.82, 2.24) is 25.3 Å². The first-order chi connectivity index (χ1) is 18.9. The van der Waals surface area contributed by atoms with Gasteiger partial charge in [0.2, 0.25) is 0 Å². The van der Waals surface area contributed by atoms with Crippen molar-refractivity contribution in [2.45, 2.75) is 59.1 Å². The minimum Gasteiger partial charge on any atom is -0.444 e. The maximum absolute atomic E-state index is 14.2. The lowest BCUT2D eigenvalue weighted by atomic mass is 9.99. The number of imidazole rings is 1. The molecule has 0 bridgehead atoms. The molecule has 3 aromatic heterocycles. The Balaban J connectivity index is 1.62. The van der Waals surface area contributed by atoms with Crippen molar-refractivity contribution in [3.8, 4) is 28.6 Å². The second-order valence-electron chi connectivity index (χ2n) is 11.6. The molecule has 5 rings (SSSR count). The number of rotatable bonds is 4. The Labute approximate surface area is 232 Å². The molecule has 206 valence electrons. The van der Waals surface area contributed by atoms with Gasteiger partial charge in [0.25, 0.3) is 0 Å². The van der Waals surface area contributed by atoms with E-state index in [1.165, 1.54) is 12.1 Å². The predicted octanol–water partition coefficient (Wildman–Crippen LogP) is 5.81. The number of carbonyl (C=O) groups excluding carboxylic acids is 1. The molecule has 1 atom stereocenters. The van der Waals surface area contributed by atoms with Crippen LogP contribution in [0.25, 0.3) is 33.7 Å². The number of aryl methyl sites for hydroxylation is 2. The van der Waals surface area contributed by atoms with Crippen LogP contribution in [0.15, 0.2) is 36.7 Å². The van der Waals surface area contributed by atoms with E-state index in [1.807, 2.05) is 53.7 Å². The molecule has 10 heteroatoms. The number of amides is 1. The SMILES string of the molecule is Cc1cc(C)c2[nH]c(-c3cncc(-c4ccc(F)c(C#N)c4)c3N3CC[C@](C)(NC(=O)OC(C)(C)C)C3)nc2n1. The molecule has 0 saturated carbocycles. The minimum absolute atomic E-state index is 0.0502. The van der Waals surface area contributed by atoms with E-state index in [2.05, 4.69) is 25.2 Å². The first-order valence-corrected chi connectivity index (χ1v) is 13.1.